The molecule has 1 N–H and O–H groups in total. The van der Waals surface area contributed by atoms with Gasteiger partial charge in [0.05, 0.1) is 13.7 Å². The van der Waals surface area contributed by atoms with Gasteiger partial charge in [0.1, 0.15) is 5.75 Å². The van der Waals surface area contributed by atoms with E-state index in [-0.39, 0.29) is 5.78 Å². The standard InChI is InChI=1S/C18H24N2O2/c1-13-11-16(14(2)20(13)3)17(21)12-19-10-9-15-7-5-6-8-18(15)22-4/h5-8,11,19H,9-10,12H2,1-4H3. The maximum Gasteiger partial charge on any atom is 0.178 e. The van der Waals surface area contributed by atoms with Gasteiger partial charge in [0.15, 0.2) is 5.78 Å². The molecule has 0 saturated heterocycles. The van der Waals surface area contributed by atoms with Crippen LogP contribution in [0.4, 0.5) is 0 Å². The molecule has 0 fully saturated rings. The Morgan fingerprint density at radius 1 is 1.27 bits per heavy atom. The number of nitrogens with one attached hydrogen (secondary N) is 1. The number of rotatable bonds is 7. The van der Waals surface area contributed by atoms with E-state index in [0.717, 1.165) is 41.2 Å². The number of benzene rings is 1. The van der Waals surface area contributed by atoms with Gasteiger partial charge in [0.25, 0.3) is 0 Å². The van der Waals surface area contributed by atoms with E-state index in [1.54, 1.807) is 7.11 Å². The van der Waals surface area contributed by atoms with Gasteiger partial charge in [-0.2, -0.15) is 0 Å². The molecule has 0 aliphatic heterocycles. The van der Waals surface area contributed by atoms with E-state index in [1.165, 1.54) is 0 Å². The maximum absolute atomic E-state index is 12.3. The Morgan fingerprint density at radius 3 is 2.64 bits per heavy atom. The minimum absolute atomic E-state index is 0.140. The molecule has 2 rings (SSSR count). The summed E-state index contributed by atoms with van der Waals surface area (Å²) in [6.45, 7) is 5.10. The summed E-state index contributed by atoms with van der Waals surface area (Å²) in [5.74, 6) is 1.03. The first-order chi connectivity index (χ1) is 10.5. The minimum Gasteiger partial charge on any atom is -0.496 e. The van der Waals surface area contributed by atoms with E-state index in [1.807, 2.05) is 55.8 Å². The number of ketones is 1. The van der Waals surface area contributed by atoms with Crippen LogP contribution >= 0.6 is 0 Å². The highest BCUT2D eigenvalue weighted by molar-refractivity contribution is 5.99. The number of hydrogen-bond acceptors (Lipinski definition) is 3. The molecule has 0 aliphatic carbocycles. The molecule has 1 heterocycles. The fourth-order valence-electron chi connectivity index (χ4n) is 2.57. The molecule has 0 atom stereocenters. The summed E-state index contributed by atoms with van der Waals surface area (Å²) in [5.41, 5.74) is 4.09. The van der Waals surface area contributed by atoms with Crippen molar-refractivity contribution in [3.63, 3.8) is 0 Å². The molecule has 0 saturated carbocycles. The van der Waals surface area contributed by atoms with Crippen molar-refractivity contribution in [2.24, 2.45) is 7.05 Å². The van der Waals surface area contributed by atoms with Crippen LogP contribution in [0.3, 0.4) is 0 Å². The number of nitrogens with zero attached hydrogens (tertiary/aromatic N) is 1. The lowest BCUT2D eigenvalue weighted by Crippen LogP contribution is -2.25. The van der Waals surface area contributed by atoms with Gasteiger partial charge < -0.3 is 14.6 Å². The first-order valence-electron chi connectivity index (χ1n) is 7.53. The quantitative estimate of drug-likeness (QED) is 0.631. The number of ether oxygens (including phenoxy) is 1. The average molecular weight is 300 g/mol. The van der Waals surface area contributed by atoms with Crippen LogP contribution in [-0.2, 0) is 13.5 Å². The highest BCUT2D eigenvalue weighted by atomic mass is 16.5. The second-order valence-electron chi connectivity index (χ2n) is 5.51. The fraction of sp³-hybridized carbons (Fsp3) is 0.389. The Balaban J connectivity index is 1.86. The summed E-state index contributed by atoms with van der Waals surface area (Å²) in [6.07, 6.45) is 0.837. The van der Waals surface area contributed by atoms with Crippen molar-refractivity contribution >= 4 is 5.78 Å². The highest BCUT2D eigenvalue weighted by Gasteiger charge is 2.13. The number of methoxy groups -OCH3 is 1. The van der Waals surface area contributed by atoms with E-state index < -0.39 is 0 Å². The van der Waals surface area contributed by atoms with Gasteiger partial charge >= 0.3 is 0 Å². The van der Waals surface area contributed by atoms with Crippen LogP contribution < -0.4 is 10.1 Å². The van der Waals surface area contributed by atoms with Gasteiger partial charge in [-0.25, -0.2) is 0 Å². The van der Waals surface area contributed by atoms with E-state index in [4.69, 9.17) is 4.74 Å². The number of Topliss-reactive ketones (excluding diaryl/α,β-unsaturated/α-hetero) is 1. The largest absolute Gasteiger partial charge is 0.496 e. The van der Waals surface area contributed by atoms with Crippen molar-refractivity contribution < 1.29 is 9.53 Å². The molecule has 1 aromatic carbocycles. The zero-order chi connectivity index (χ0) is 16.1. The van der Waals surface area contributed by atoms with Crippen LogP contribution in [0.25, 0.3) is 0 Å². The molecule has 0 aliphatic rings. The molecule has 0 spiro atoms. The second-order valence-corrected chi connectivity index (χ2v) is 5.51. The number of carbonyl (C=O) groups is 1. The topological polar surface area (TPSA) is 43.3 Å². The van der Waals surface area contributed by atoms with Crippen LogP contribution in [0.15, 0.2) is 30.3 Å². The lowest BCUT2D eigenvalue weighted by atomic mass is 10.1. The Bertz CT molecular complexity index is 659. The first kappa shape index (κ1) is 16.3. The van der Waals surface area contributed by atoms with Gasteiger partial charge in [0, 0.05) is 24.0 Å². The fourth-order valence-corrected chi connectivity index (χ4v) is 2.57. The Morgan fingerprint density at radius 2 is 2.00 bits per heavy atom. The van der Waals surface area contributed by atoms with Gasteiger partial charge in [-0.05, 0) is 44.5 Å². The summed E-state index contributed by atoms with van der Waals surface area (Å²) in [4.78, 5) is 12.3. The number of aryl methyl sites for hydroxylation is 1. The van der Waals surface area contributed by atoms with Gasteiger partial charge in [0.2, 0.25) is 0 Å². The summed E-state index contributed by atoms with van der Waals surface area (Å²) in [5, 5.41) is 3.23. The van der Waals surface area contributed by atoms with E-state index in [2.05, 4.69) is 5.32 Å². The highest BCUT2D eigenvalue weighted by Crippen LogP contribution is 2.17. The molecule has 0 amide bonds. The van der Waals surface area contributed by atoms with Gasteiger partial charge in [-0.3, -0.25) is 4.79 Å². The third kappa shape index (κ3) is 3.57. The molecule has 1 aromatic heterocycles. The third-order valence-electron chi connectivity index (χ3n) is 4.12. The lowest BCUT2D eigenvalue weighted by molar-refractivity contribution is 0.0990. The molecule has 22 heavy (non-hydrogen) atoms. The molecule has 4 nitrogen and oxygen atoms in total. The van der Waals surface area contributed by atoms with Gasteiger partial charge in [-0.1, -0.05) is 18.2 Å². The molecular formula is C18H24N2O2. The number of aromatic nitrogens is 1. The van der Waals surface area contributed by atoms with Crippen molar-refractivity contribution in [2.45, 2.75) is 20.3 Å². The van der Waals surface area contributed by atoms with Crippen molar-refractivity contribution in [2.75, 3.05) is 20.2 Å². The smallest absolute Gasteiger partial charge is 0.178 e. The SMILES string of the molecule is COc1ccccc1CCNCC(=O)c1cc(C)n(C)c1C. The summed E-state index contributed by atoms with van der Waals surface area (Å²) >= 11 is 0. The van der Waals surface area contributed by atoms with E-state index in [9.17, 15) is 4.79 Å². The Kier molecular flexibility index (Phi) is 5.39. The van der Waals surface area contributed by atoms with E-state index in [0.29, 0.717) is 6.54 Å². The molecular weight excluding hydrogens is 276 g/mol. The molecule has 2 aromatic rings. The van der Waals surface area contributed by atoms with Crippen LogP contribution in [0, 0.1) is 13.8 Å². The monoisotopic (exact) mass is 300 g/mol. The Labute approximate surface area is 132 Å². The van der Waals surface area contributed by atoms with Crippen molar-refractivity contribution in [1.29, 1.82) is 0 Å². The molecule has 4 heteroatoms. The predicted octanol–water partition coefficient (Wildman–Crippen LogP) is 2.67. The second kappa shape index (κ2) is 7.27. The van der Waals surface area contributed by atoms with Crippen LogP contribution in [0.1, 0.15) is 27.3 Å². The van der Waals surface area contributed by atoms with Crippen LogP contribution in [0.5, 0.6) is 5.75 Å². The van der Waals surface area contributed by atoms with Crippen molar-refractivity contribution in [3.05, 3.63) is 52.8 Å². The summed E-state index contributed by atoms with van der Waals surface area (Å²) < 4.78 is 7.37. The predicted molar refractivity (Wildman–Crippen MR) is 88.8 cm³/mol. The molecule has 0 bridgehead atoms. The zero-order valence-corrected chi connectivity index (χ0v) is 13.8. The van der Waals surface area contributed by atoms with Gasteiger partial charge in [-0.15, -0.1) is 0 Å². The summed E-state index contributed by atoms with van der Waals surface area (Å²) in [7, 11) is 3.66. The van der Waals surface area contributed by atoms with Crippen LogP contribution in [-0.4, -0.2) is 30.5 Å². The molecule has 0 radical (unpaired) electrons. The average Bonchev–Trinajstić information content (AvgIpc) is 2.79. The number of para-hydroxylation sites is 1. The zero-order valence-electron chi connectivity index (χ0n) is 13.8. The maximum atomic E-state index is 12.3. The first-order valence-corrected chi connectivity index (χ1v) is 7.53. The van der Waals surface area contributed by atoms with Crippen molar-refractivity contribution in [3.8, 4) is 5.75 Å². The normalized spacial score (nSPS) is 10.7. The van der Waals surface area contributed by atoms with Crippen LogP contribution in [0.2, 0.25) is 0 Å². The lowest BCUT2D eigenvalue weighted by Gasteiger charge is -2.08. The minimum atomic E-state index is 0.140. The number of carbonyl (C=O) groups excluding carboxylic acids is 1. The van der Waals surface area contributed by atoms with Crippen molar-refractivity contribution in [1.82, 2.24) is 9.88 Å². The summed E-state index contributed by atoms with van der Waals surface area (Å²) in [6, 6.07) is 9.92. The molecule has 118 valence electrons. The third-order valence-corrected chi connectivity index (χ3v) is 4.12. The van der Waals surface area contributed by atoms with E-state index >= 15 is 0 Å². The number of hydrogen-bond donors (Lipinski definition) is 1. The molecule has 0 unspecified atom stereocenters. The Hall–Kier alpha value is -2.07.